The number of ether oxygens (including phenoxy) is 1. The van der Waals surface area contributed by atoms with E-state index in [1.807, 2.05) is 6.92 Å². The molecule has 0 unspecified atom stereocenters. The number of hydrogen-bond donors (Lipinski definition) is 0. The predicted octanol–water partition coefficient (Wildman–Crippen LogP) is 1.80. The third-order valence-corrected chi connectivity index (χ3v) is 1.48. The van der Waals surface area contributed by atoms with Crippen LogP contribution in [0.3, 0.4) is 0 Å². The Labute approximate surface area is 71.4 Å². The van der Waals surface area contributed by atoms with Gasteiger partial charge >= 0.3 is 0 Å². The fourth-order valence-corrected chi connectivity index (χ4v) is 0.911. The first-order valence-electron chi connectivity index (χ1n) is 4.02. The Bertz CT molecular complexity index is 240. The number of nitrogens with zero attached hydrogens (tertiary/aromatic N) is 1. The molecule has 0 saturated heterocycles. The number of rotatable bonds is 4. The van der Waals surface area contributed by atoms with E-state index in [0.717, 1.165) is 5.69 Å². The summed E-state index contributed by atoms with van der Waals surface area (Å²) in [6.45, 7) is 3.22. The molecule has 66 valence electrons. The Morgan fingerprint density at radius 3 is 3.00 bits per heavy atom. The van der Waals surface area contributed by atoms with Gasteiger partial charge in [0.1, 0.15) is 0 Å². The first kappa shape index (κ1) is 9.13. The summed E-state index contributed by atoms with van der Waals surface area (Å²) in [6.07, 6.45) is 0.672. The van der Waals surface area contributed by atoms with E-state index in [1.54, 1.807) is 12.1 Å². The van der Waals surface area contributed by atoms with Crippen LogP contribution in [0.15, 0.2) is 18.2 Å². The van der Waals surface area contributed by atoms with Gasteiger partial charge in [-0.15, -0.1) is 0 Å². The Hall–Kier alpha value is -0.960. The van der Waals surface area contributed by atoms with E-state index in [9.17, 15) is 4.39 Å². The van der Waals surface area contributed by atoms with Crippen LogP contribution in [0.4, 0.5) is 4.39 Å². The molecule has 0 atom stereocenters. The number of halogens is 1. The van der Waals surface area contributed by atoms with Gasteiger partial charge in [0.25, 0.3) is 0 Å². The molecule has 3 heteroatoms. The molecule has 1 rings (SSSR count). The second-order valence-electron chi connectivity index (χ2n) is 2.40. The highest BCUT2D eigenvalue weighted by atomic mass is 19.1. The lowest BCUT2D eigenvalue weighted by molar-refractivity contribution is 0.150. The van der Waals surface area contributed by atoms with Crippen molar-refractivity contribution in [2.45, 2.75) is 13.3 Å². The lowest BCUT2D eigenvalue weighted by Crippen LogP contribution is -2.00. The maximum atomic E-state index is 12.5. The monoisotopic (exact) mass is 169 g/mol. The Morgan fingerprint density at radius 1 is 1.50 bits per heavy atom. The minimum Gasteiger partial charge on any atom is -0.381 e. The molecule has 0 radical (unpaired) electrons. The minimum absolute atomic E-state index is 0.427. The highest BCUT2D eigenvalue weighted by molar-refractivity contribution is 5.04. The van der Waals surface area contributed by atoms with Crippen LogP contribution in [0.25, 0.3) is 0 Å². The zero-order valence-electron chi connectivity index (χ0n) is 7.09. The summed E-state index contributed by atoms with van der Waals surface area (Å²) in [5.74, 6) is -0.427. The molecule has 0 fully saturated rings. The van der Waals surface area contributed by atoms with Crippen molar-refractivity contribution in [3.8, 4) is 0 Å². The summed E-state index contributed by atoms with van der Waals surface area (Å²) in [5, 5.41) is 0. The first-order chi connectivity index (χ1) is 5.83. The van der Waals surface area contributed by atoms with E-state index in [2.05, 4.69) is 4.98 Å². The van der Waals surface area contributed by atoms with Gasteiger partial charge in [0.15, 0.2) is 0 Å². The van der Waals surface area contributed by atoms with Crippen LogP contribution in [-0.4, -0.2) is 18.2 Å². The molecular formula is C9H12FNO. The molecule has 0 saturated carbocycles. The fraction of sp³-hybridized carbons (Fsp3) is 0.444. The Balaban J connectivity index is 2.41. The van der Waals surface area contributed by atoms with Crippen LogP contribution < -0.4 is 0 Å². The summed E-state index contributed by atoms with van der Waals surface area (Å²) in [4.78, 5) is 3.70. The van der Waals surface area contributed by atoms with Gasteiger partial charge in [-0.25, -0.2) is 4.98 Å². The van der Waals surface area contributed by atoms with Gasteiger partial charge in [-0.2, -0.15) is 4.39 Å². The minimum atomic E-state index is -0.427. The van der Waals surface area contributed by atoms with Gasteiger partial charge in [0.05, 0.1) is 6.61 Å². The number of aromatic nitrogens is 1. The SMILES string of the molecule is CCOCCc1cccc(F)n1. The van der Waals surface area contributed by atoms with E-state index in [4.69, 9.17) is 4.74 Å². The summed E-state index contributed by atoms with van der Waals surface area (Å²) in [7, 11) is 0. The van der Waals surface area contributed by atoms with E-state index in [-0.39, 0.29) is 0 Å². The average molecular weight is 169 g/mol. The highest BCUT2D eigenvalue weighted by Crippen LogP contribution is 1.98. The van der Waals surface area contributed by atoms with Crippen molar-refractivity contribution in [2.75, 3.05) is 13.2 Å². The third kappa shape index (κ3) is 2.96. The molecule has 0 N–H and O–H groups in total. The standard InChI is InChI=1S/C9H12FNO/c1-2-12-7-6-8-4-3-5-9(10)11-8/h3-5H,2,6-7H2,1H3. The molecule has 0 aliphatic rings. The zero-order valence-corrected chi connectivity index (χ0v) is 7.09. The van der Waals surface area contributed by atoms with E-state index in [0.29, 0.717) is 19.6 Å². The smallest absolute Gasteiger partial charge is 0.213 e. The Kier molecular flexibility index (Phi) is 3.67. The van der Waals surface area contributed by atoms with Gasteiger partial charge < -0.3 is 4.74 Å². The zero-order chi connectivity index (χ0) is 8.81. The summed E-state index contributed by atoms with van der Waals surface area (Å²) >= 11 is 0. The molecule has 0 spiro atoms. The van der Waals surface area contributed by atoms with Gasteiger partial charge in [-0.3, -0.25) is 0 Å². The molecule has 1 aromatic rings. The predicted molar refractivity (Wildman–Crippen MR) is 44.4 cm³/mol. The van der Waals surface area contributed by atoms with E-state index in [1.165, 1.54) is 6.07 Å². The highest BCUT2D eigenvalue weighted by Gasteiger charge is 1.95. The topological polar surface area (TPSA) is 22.1 Å². The lowest BCUT2D eigenvalue weighted by atomic mass is 10.3. The molecule has 1 aromatic heterocycles. The van der Waals surface area contributed by atoms with E-state index < -0.39 is 5.95 Å². The maximum Gasteiger partial charge on any atom is 0.213 e. The van der Waals surface area contributed by atoms with Gasteiger partial charge in [0, 0.05) is 18.7 Å². The van der Waals surface area contributed by atoms with Gasteiger partial charge in [-0.1, -0.05) is 6.07 Å². The first-order valence-corrected chi connectivity index (χ1v) is 4.02. The van der Waals surface area contributed by atoms with Crippen molar-refractivity contribution < 1.29 is 9.13 Å². The molecule has 1 heterocycles. The van der Waals surface area contributed by atoms with Crippen molar-refractivity contribution in [2.24, 2.45) is 0 Å². The average Bonchev–Trinajstić information content (AvgIpc) is 2.05. The number of hydrogen-bond acceptors (Lipinski definition) is 2. The second-order valence-corrected chi connectivity index (χ2v) is 2.40. The van der Waals surface area contributed by atoms with E-state index >= 15 is 0 Å². The normalized spacial score (nSPS) is 10.2. The van der Waals surface area contributed by atoms with Crippen LogP contribution in [0, 0.1) is 5.95 Å². The largest absolute Gasteiger partial charge is 0.381 e. The Morgan fingerprint density at radius 2 is 2.33 bits per heavy atom. The summed E-state index contributed by atoms with van der Waals surface area (Å²) in [5.41, 5.74) is 0.739. The van der Waals surface area contributed by atoms with Crippen molar-refractivity contribution in [1.82, 2.24) is 4.98 Å². The van der Waals surface area contributed by atoms with Gasteiger partial charge in [-0.05, 0) is 19.1 Å². The van der Waals surface area contributed by atoms with Crippen molar-refractivity contribution >= 4 is 0 Å². The third-order valence-electron chi connectivity index (χ3n) is 1.48. The molecule has 12 heavy (non-hydrogen) atoms. The molecule has 2 nitrogen and oxygen atoms in total. The van der Waals surface area contributed by atoms with Crippen molar-refractivity contribution in [3.05, 3.63) is 29.8 Å². The lowest BCUT2D eigenvalue weighted by Gasteiger charge is -2.00. The maximum absolute atomic E-state index is 12.5. The number of pyridine rings is 1. The molecule has 0 aliphatic heterocycles. The molecule has 0 amide bonds. The molecular weight excluding hydrogens is 157 g/mol. The summed E-state index contributed by atoms with van der Waals surface area (Å²) in [6, 6.07) is 4.79. The molecule has 0 aromatic carbocycles. The van der Waals surface area contributed by atoms with Crippen LogP contribution in [0.2, 0.25) is 0 Å². The van der Waals surface area contributed by atoms with Crippen LogP contribution in [0.5, 0.6) is 0 Å². The van der Waals surface area contributed by atoms with Crippen LogP contribution in [0.1, 0.15) is 12.6 Å². The van der Waals surface area contributed by atoms with Crippen LogP contribution >= 0.6 is 0 Å². The van der Waals surface area contributed by atoms with Gasteiger partial charge in [0.2, 0.25) is 5.95 Å². The summed E-state index contributed by atoms with van der Waals surface area (Å²) < 4.78 is 17.6. The molecule has 0 aliphatic carbocycles. The van der Waals surface area contributed by atoms with Crippen molar-refractivity contribution in [3.63, 3.8) is 0 Å². The fourth-order valence-electron chi connectivity index (χ4n) is 0.911. The quantitative estimate of drug-likeness (QED) is 0.506. The molecule has 0 bridgehead atoms. The second kappa shape index (κ2) is 4.83. The van der Waals surface area contributed by atoms with Crippen LogP contribution in [-0.2, 0) is 11.2 Å². The van der Waals surface area contributed by atoms with Crippen molar-refractivity contribution in [1.29, 1.82) is 0 Å².